The highest BCUT2D eigenvalue weighted by Crippen LogP contribution is 2.16. The minimum absolute atomic E-state index is 0.0873. The fraction of sp³-hybridized carbons (Fsp3) is 0.693. The Hall–Kier alpha value is -4.19. The molecule has 6 nitrogen and oxygen atoms in total. The number of carbonyl (C=O) groups is 3. The van der Waals surface area contributed by atoms with Gasteiger partial charge in [0.05, 0.1) is 0 Å². The smallest absolute Gasteiger partial charge is 0.306 e. The summed E-state index contributed by atoms with van der Waals surface area (Å²) in [6, 6.07) is 0. The third-order valence-electron chi connectivity index (χ3n) is 14.4. The van der Waals surface area contributed by atoms with E-state index >= 15 is 0 Å². The summed E-state index contributed by atoms with van der Waals surface area (Å²) in [7, 11) is 0. The van der Waals surface area contributed by atoms with E-state index in [4.69, 9.17) is 14.2 Å². The van der Waals surface area contributed by atoms with E-state index in [2.05, 4.69) is 142 Å². The number of hydrogen-bond acceptors (Lipinski definition) is 6. The van der Waals surface area contributed by atoms with Crippen LogP contribution in [0.4, 0.5) is 0 Å². The lowest BCUT2D eigenvalue weighted by atomic mass is 10.0. The van der Waals surface area contributed by atoms with Crippen molar-refractivity contribution in [3.63, 3.8) is 0 Å². The summed E-state index contributed by atoms with van der Waals surface area (Å²) in [5.74, 6) is -0.897. The molecule has 0 amide bonds. The molecule has 1 unspecified atom stereocenters. The van der Waals surface area contributed by atoms with E-state index in [0.29, 0.717) is 19.3 Å². The Balaban J connectivity index is 4.39. The molecule has 6 heteroatoms. The van der Waals surface area contributed by atoms with E-state index in [0.717, 1.165) is 128 Å². The first-order chi connectivity index (χ1) is 40.0. The topological polar surface area (TPSA) is 78.9 Å². The molecule has 0 N–H and O–H groups in total. The van der Waals surface area contributed by atoms with Gasteiger partial charge in [0.2, 0.25) is 0 Å². The molecule has 0 aromatic rings. The van der Waals surface area contributed by atoms with Crippen LogP contribution in [0.2, 0.25) is 0 Å². The lowest BCUT2D eigenvalue weighted by Crippen LogP contribution is -2.30. The Kier molecular flexibility index (Phi) is 64.8. The highest BCUT2D eigenvalue weighted by Gasteiger charge is 2.19. The van der Waals surface area contributed by atoms with Crippen molar-refractivity contribution in [2.24, 2.45) is 0 Å². The van der Waals surface area contributed by atoms with Crippen LogP contribution < -0.4 is 0 Å². The zero-order valence-corrected chi connectivity index (χ0v) is 53.0. The maximum atomic E-state index is 12.9. The van der Waals surface area contributed by atoms with Crippen LogP contribution in [-0.2, 0) is 28.6 Å². The Bertz CT molecular complexity index is 1670. The molecule has 0 saturated carbocycles. The Morgan fingerprint density at radius 3 is 0.753 bits per heavy atom. The quantitative estimate of drug-likeness (QED) is 0.0261. The molecule has 0 spiro atoms. The lowest BCUT2D eigenvalue weighted by Gasteiger charge is -2.18. The summed E-state index contributed by atoms with van der Waals surface area (Å²) in [6.07, 6.45) is 94.9. The van der Waals surface area contributed by atoms with Gasteiger partial charge in [0.25, 0.3) is 0 Å². The molecule has 462 valence electrons. The zero-order valence-electron chi connectivity index (χ0n) is 53.0. The summed E-state index contributed by atoms with van der Waals surface area (Å²) >= 11 is 0. The second kappa shape index (κ2) is 68.3. The predicted molar refractivity (Wildman–Crippen MR) is 353 cm³/mol. The number of esters is 3. The van der Waals surface area contributed by atoms with Gasteiger partial charge in [-0.1, -0.05) is 290 Å². The average molecular weight is 1120 g/mol. The monoisotopic (exact) mass is 1120 g/mol. The van der Waals surface area contributed by atoms with Crippen molar-refractivity contribution in [1.82, 2.24) is 0 Å². The molecule has 0 aliphatic carbocycles. The van der Waals surface area contributed by atoms with E-state index in [1.54, 1.807) is 0 Å². The largest absolute Gasteiger partial charge is 0.462 e. The number of rotatable bonds is 61. The predicted octanol–water partition coefficient (Wildman–Crippen LogP) is 23.6. The van der Waals surface area contributed by atoms with Gasteiger partial charge in [-0.2, -0.15) is 0 Å². The van der Waals surface area contributed by atoms with Crippen molar-refractivity contribution in [2.45, 2.75) is 322 Å². The first-order valence-corrected chi connectivity index (χ1v) is 34.0. The average Bonchev–Trinajstić information content (AvgIpc) is 3.47. The third kappa shape index (κ3) is 66.5. The van der Waals surface area contributed by atoms with E-state index < -0.39 is 6.10 Å². The van der Waals surface area contributed by atoms with Crippen molar-refractivity contribution in [3.8, 4) is 0 Å². The fourth-order valence-corrected chi connectivity index (χ4v) is 9.40. The maximum absolute atomic E-state index is 12.9. The SMILES string of the molecule is CC/C=C\C/C=C\C/C=C\C/C=C\CCCCCCCCCCCCCCC(=O)OCC(COC(=O)CCCCCCCCCCC/C=C\C/C=C\CCCCC)OC(=O)CCCCCCCC/C=C\C/C=C\C/C=C\C/C=C\CC. The van der Waals surface area contributed by atoms with Crippen molar-refractivity contribution in [3.05, 3.63) is 122 Å². The number of ether oxygens (including phenoxy) is 3. The summed E-state index contributed by atoms with van der Waals surface area (Å²) in [5, 5.41) is 0. The lowest BCUT2D eigenvalue weighted by molar-refractivity contribution is -0.167. The van der Waals surface area contributed by atoms with Crippen molar-refractivity contribution >= 4 is 17.9 Å². The van der Waals surface area contributed by atoms with Gasteiger partial charge in [-0.3, -0.25) is 14.4 Å². The van der Waals surface area contributed by atoms with E-state index in [1.165, 1.54) is 148 Å². The first-order valence-electron chi connectivity index (χ1n) is 34.0. The Morgan fingerprint density at radius 1 is 0.259 bits per heavy atom. The summed E-state index contributed by atoms with van der Waals surface area (Å²) < 4.78 is 17.0. The van der Waals surface area contributed by atoms with E-state index in [9.17, 15) is 14.4 Å². The van der Waals surface area contributed by atoms with Crippen LogP contribution in [0.15, 0.2) is 122 Å². The number of allylic oxidation sites excluding steroid dienone is 20. The number of hydrogen-bond donors (Lipinski definition) is 0. The number of unbranched alkanes of at least 4 members (excludes halogenated alkanes) is 30. The van der Waals surface area contributed by atoms with Gasteiger partial charge >= 0.3 is 17.9 Å². The molecule has 0 saturated heterocycles. The molecule has 1 atom stereocenters. The molecule has 0 radical (unpaired) electrons. The fourth-order valence-electron chi connectivity index (χ4n) is 9.40. The van der Waals surface area contributed by atoms with Crippen LogP contribution in [-0.4, -0.2) is 37.2 Å². The highest BCUT2D eigenvalue weighted by atomic mass is 16.6. The van der Waals surface area contributed by atoms with Crippen molar-refractivity contribution < 1.29 is 28.6 Å². The van der Waals surface area contributed by atoms with Crippen LogP contribution >= 0.6 is 0 Å². The van der Waals surface area contributed by atoms with Crippen LogP contribution in [0.1, 0.15) is 316 Å². The summed E-state index contributed by atoms with van der Waals surface area (Å²) in [4.78, 5) is 38.5. The van der Waals surface area contributed by atoms with Crippen LogP contribution in [0.3, 0.4) is 0 Å². The molecule has 0 aliphatic heterocycles. The standard InChI is InChI=1S/C75H126O6/c1-4-7-10-13-16-19-22-25-28-31-34-35-36-37-38-39-42-44-47-50-53-56-59-62-65-68-74(77)80-71-72(81-75(78)69-66-63-60-57-54-51-48-45-41-33-30-27-24-21-18-15-12-9-6-3)70-79-73(76)67-64-61-58-55-52-49-46-43-40-32-29-26-23-20-17-14-11-8-5-2/h7,9-10,12,16-21,25-30,34-35,41,45,72H,4-6,8,11,13-15,22-24,31-33,36-40,42-44,46-71H2,1-3H3/b10-7-,12-9-,19-16-,20-17-,21-18-,28-25-,29-26-,30-27-,35-34-,45-41-. The van der Waals surface area contributed by atoms with Gasteiger partial charge in [0.1, 0.15) is 13.2 Å². The molecular formula is C75H126O6. The molecule has 0 heterocycles. The molecule has 0 aliphatic rings. The van der Waals surface area contributed by atoms with Crippen molar-refractivity contribution in [1.29, 1.82) is 0 Å². The van der Waals surface area contributed by atoms with Gasteiger partial charge in [0, 0.05) is 19.3 Å². The normalized spacial score (nSPS) is 12.9. The van der Waals surface area contributed by atoms with Crippen LogP contribution in [0.5, 0.6) is 0 Å². The zero-order chi connectivity index (χ0) is 58.5. The second-order valence-electron chi connectivity index (χ2n) is 22.3. The minimum atomic E-state index is -0.793. The molecule has 0 bridgehead atoms. The minimum Gasteiger partial charge on any atom is -0.462 e. The molecule has 0 aromatic carbocycles. The third-order valence-corrected chi connectivity index (χ3v) is 14.4. The van der Waals surface area contributed by atoms with Gasteiger partial charge in [-0.15, -0.1) is 0 Å². The van der Waals surface area contributed by atoms with Gasteiger partial charge in [-0.05, 0) is 128 Å². The number of carbonyl (C=O) groups excluding carboxylic acids is 3. The molecular weight excluding hydrogens is 997 g/mol. The van der Waals surface area contributed by atoms with Gasteiger partial charge < -0.3 is 14.2 Å². The second-order valence-corrected chi connectivity index (χ2v) is 22.3. The van der Waals surface area contributed by atoms with E-state index in [1.807, 2.05) is 0 Å². The molecule has 81 heavy (non-hydrogen) atoms. The van der Waals surface area contributed by atoms with E-state index in [-0.39, 0.29) is 31.1 Å². The van der Waals surface area contributed by atoms with Gasteiger partial charge in [-0.25, -0.2) is 0 Å². The van der Waals surface area contributed by atoms with Crippen LogP contribution in [0, 0.1) is 0 Å². The Labute approximate surface area is 501 Å². The first kappa shape index (κ1) is 76.8. The van der Waals surface area contributed by atoms with Crippen molar-refractivity contribution in [2.75, 3.05) is 13.2 Å². The highest BCUT2D eigenvalue weighted by molar-refractivity contribution is 5.71. The maximum Gasteiger partial charge on any atom is 0.306 e. The molecule has 0 rings (SSSR count). The summed E-state index contributed by atoms with van der Waals surface area (Å²) in [6.45, 7) is 6.40. The van der Waals surface area contributed by atoms with Gasteiger partial charge in [0.15, 0.2) is 6.10 Å². The van der Waals surface area contributed by atoms with Crippen LogP contribution in [0.25, 0.3) is 0 Å². The molecule has 0 fully saturated rings. The molecule has 0 aromatic heterocycles. The Morgan fingerprint density at radius 2 is 0.481 bits per heavy atom. The summed E-state index contributed by atoms with van der Waals surface area (Å²) in [5.41, 5.74) is 0.